The summed E-state index contributed by atoms with van der Waals surface area (Å²) in [4.78, 5) is 22.2. The monoisotopic (exact) mass is 281 g/mol. The van der Waals surface area contributed by atoms with Gasteiger partial charge in [-0.3, -0.25) is 14.9 Å². The molecule has 0 saturated carbocycles. The van der Waals surface area contributed by atoms with E-state index in [9.17, 15) is 14.9 Å². The van der Waals surface area contributed by atoms with Crippen LogP contribution in [-0.2, 0) is 4.74 Å². The number of nitrogens with zero attached hydrogens (tertiary/aromatic N) is 1. The van der Waals surface area contributed by atoms with E-state index in [1.165, 1.54) is 25.2 Å². The van der Waals surface area contributed by atoms with Crippen molar-refractivity contribution in [3.8, 4) is 0 Å². The van der Waals surface area contributed by atoms with Gasteiger partial charge in [0, 0.05) is 31.8 Å². The third-order valence-electron chi connectivity index (χ3n) is 2.90. The molecule has 1 unspecified atom stereocenters. The minimum absolute atomic E-state index is 0.0568. The second-order valence-corrected chi connectivity index (χ2v) is 4.27. The molecule has 0 saturated heterocycles. The Labute approximate surface area is 117 Å². The highest BCUT2D eigenvalue weighted by Crippen LogP contribution is 2.26. The number of hydrogen-bond donors (Lipinski definition) is 2. The van der Waals surface area contributed by atoms with Gasteiger partial charge in [0.25, 0.3) is 11.6 Å². The quantitative estimate of drug-likeness (QED) is 0.587. The smallest absolute Gasteiger partial charge is 0.292 e. The molecular weight excluding hydrogens is 262 g/mol. The standard InChI is InChI=1S/C13H19N3O4/c1-4-10(8-20-3)15-11-7-9(13(17)14-2)5-6-12(11)16(18)19/h5-7,10,15H,4,8H2,1-3H3,(H,14,17). The Hall–Kier alpha value is -2.15. The van der Waals surface area contributed by atoms with Crippen molar-refractivity contribution in [2.45, 2.75) is 19.4 Å². The highest BCUT2D eigenvalue weighted by atomic mass is 16.6. The van der Waals surface area contributed by atoms with Gasteiger partial charge in [-0.25, -0.2) is 0 Å². The van der Waals surface area contributed by atoms with Gasteiger partial charge in [-0.05, 0) is 18.6 Å². The summed E-state index contributed by atoms with van der Waals surface area (Å²) >= 11 is 0. The molecule has 1 aromatic carbocycles. The van der Waals surface area contributed by atoms with Crippen molar-refractivity contribution in [1.29, 1.82) is 0 Å². The Morgan fingerprint density at radius 3 is 2.70 bits per heavy atom. The second-order valence-electron chi connectivity index (χ2n) is 4.27. The van der Waals surface area contributed by atoms with Crippen molar-refractivity contribution in [1.82, 2.24) is 5.32 Å². The number of rotatable bonds is 7. The molecule has 110 valence electrons. The summed E-state index contributed by atoms with van der Waals surface area (Å²) in [6.07, 6.45) is 0.745. The van der Waals surface area contributed by atoms with Gasteiger partial charge in [0.1, 0.15) is 5.69 Å². The number of hydrogen-bond acceptors (Lipinski definition) is 5. The molecule has 0 aliphatic carbocycles. The summed E-state index contributed by atoms with van der Waals surface area (Å²) in [7, 11) is 3.08. The fraction of sp³-hybridized carbons (Fsp3) is 0.462. The first-order valence-corrected chi connectivity index (χ1v) is 6.29. The van der Waals surface area contributed by atoms with Crippen LogP contribution in [-0.4, -0.2) is 37.6 Å². The lowest BCUT2D eigenvalue weighted by atomic mass is 10.1. The first kappa shape index (κ1) is 15.9. The number of amides is 1. The largest absolute Gasteiger partial charge is 0.383 e. The number of benzene rings is 1. The summed E-state index contributed by atoms with van der Waals surface area (Å²) in [6, 6.07) is 4.18. The number of anilines is 1. The third kappa shape index (κ3) is 3.92. The summed E-state index contributed by atoms with van der Waals surface area (Å²) in [5.41, 5.74) is 0.625. The van der Waals surface area contributed by atoms with Crippen LogP contribution in [0.2, 0.25) is 0 Å². The second kappa shape index (κ2) is 7.44. The average molecular weight is 281 g/mol. The Balaban J connectivity index is 3.11. The van der Waals surface area contributed by atoms with Crippen molar-refractivity contribution >= 4 is 17.3 Å². The lowest BCUT2D eigenvalue weighted by Crippen LogP contribution is -2.25. The van der Waals surface area contributed by atoms with E-state index in [1.807, 2.05) is 6.92 Å². The van der Waals surface area contributed by atoms with Gasteiger partial charge in [0.05, 0.1) is 11.5 Å². The Bertz CT molecular complexity index is 491. The van der Waals surface area contributed by atoms with E-state index < -0.39 is 4.92 Å². The Kier molecular flexibility index (Phi) is 5.92. The highest BCUT2D eigenvalue weighted by Gasteiger charge is 2.18. The highest BCUT2D eigenvalue weighted by molar-refractivity contribution is 5.95. The normalized spacial score (nSPS) is 11.8. The van der Waals surface area contributed by atoms with E-state index in [1.54, 1.807) is 7.11 Å². The van der Waals surface area contributed by atoms with Gasteiger partial charge in [0.15, 0.2) is 0 Å². The van der Waals surface area contributed by atoms with E-state index >= 15 is 0 Å². The fourth-order valence-electron chi connectivity index (χ4n) is 1.78. The SMILES string of the molecule is CCC(COC)Nc1cc(C(=O)NC)ccc1[N+](=O)[O-]. The molecular formula is C13H19N3O4. The van der Waals surface area contributed by atoms with Crippen LogP contribution in [0.3, 0.4) is 0 Å². The Morgan fingerprint density at radius 1 is 1.50 bits per heavy atom. The minimum Gasteiger partial charge on any atom is -0.383 e. The molecule has 20 heavy (non-hydrogen) atoms. The van der Waals surface area contributed by atoms with Crippen molar-refractivity contribution in [3.05, 3.63) is 33.9 Å². The van der Waals surface area contributed by atoms with Crippen LogP contribution in [0.5, 0.6) is 0 Å². The van der Waals surface area contributed by atoms with Crippen LogP contribution in [0, 0.1) is 10.1 Å². The molecule has 1 aromatic rings. The van der Waals surface area contributed by atoms with E-state index in [4.69, 9.17) is 4.74 Å². The van der Waals surface area contributed by atoms with Crippen LogP contribution in [0.15, 0.2) is 18.2 Å². The van der Waals surface area contributed by atoms with Crippen LogP contribution in [0.25, 0.3) is 0 Å². The number of carbonyl (C=O) groups excluding carboxylic acids is 1. The number of nitro groups is 1. The topological polar surface area (TPSA) is 93.5 Å². The zero-order valence-electron chi connectivity index (χ0n) is 11.8. The number of carbonyl (C=O) groups is 1. The van der Waals surface area contributed by atoms with Crippen LogP contribution in [0.1, 0.15) is 23.7 Å². The summed E-state index contributed by atoms with van der Waals surface area (Å²) in [5.74, 6) is -0.289. The molecule has 7 heteroatoms. The maximum atomic E-state index is 11.6. The first-order chi connectivity index (χ1) is 9.53. The summed E-state index contributed by atoms with van der Waals surface area (Å²) in [6.45, 7) is 2.38. The van der Waals surface area contributed by atoms with E-state index in [0.29, 0.717) is 17.9 Å². The molecule has 0 fully saturated rings. The van der Waals surface area contributed by atoms with Crippen molar-refractivity contribution in [3.63, 3.8) is 0 Å². The molecule has 0 spiro atoms. The first-order valence-electron chi connectivity index (χ1n) is 6.29. The number of methoxy groups -OCH3 is 1. The third-order valence-corrected chi connectivity index (χ3v) is 2.90. The number of ether oxygens (including phenoxy) is 1. The predicted molar refractivity (Wildman–Crippen MR) is 76.1 cm³/mol. The lowest BCUT2D eigenvalue weighted by Gasteiger charge is -2.17. The van der Waals surface area contributed by atoms with E-state index in [-0.39, 0.29) is 17.6 Å². The predicted octanol–water partition coefficient (Wildman–Crippen LogP) is 1.79. The van der Waals surface area contributed by atoms with Gasteiger partial charge in [-0.2, -0.15) is 0 Å². The van der Waals surface area contributed by atoms with Crippen LogP contribution < -0.4 is 10.6 Å². The van der Waals surface area contributed by atoms with Crippen molar-refractivity contribution in [2.24, 2.45) is 0 Å². The average Bonchev–Trinajstić information content (AvgIpc) is 2.45. The van der Waals surface area contributed by atoms with Crippen molar-refractivity contribution in [2.75, 3.05) is 26.1 Å². The number of nitro benzene ring substituents is 1. The van der Waals surface area contributed by atoms with Crippen LogP contribution >= 0.6 is 0 Å². The van der Waals surface area contributed by atoms with Gasteiger partial charge in [-0.1, -0.05) is 6.92 Å². The summed E-state index contributed by atoms with van der Waals surface area (Å²) in [5, 5.41) is 16.6. The molecule has 0 aliphatic heterocycles. The van der Waals surface area contributed by atoms with Gasteiger partial charge in [-0.15, -0.1) is 0 Å². The van der Waals surface area contributed by atoms with Crippen molar-refractivity contribution < 1.29 is 14.5 Å². The fourth-order valence-corrected chi connectivity index (χ4v) is 1.78. The molecule has 7 nitrogen and oxygen atoms in total. The molecule has 1 atom stereocenters. The number of nitrogens with one attached hydrogen (secondary N) is 2. The zero-order chi connectivity index (χ0) is 15.1. The Morgan fingerprint density at radius 2 is 2.20 bits per heavy atom. The van der Waals surface area contributed by atoms with Gasteiger partial charge in [0.2, 0.25) is 0 Å². The molecule has 2 N–H and O–H groups in total. The molecule has 1 amide bonds. The van der Waals surface area contributed by atoms with Crippen LogP contribution in [0.4, 0.5) is 11.4 Å². The van der Waals surface area contributed by atoms with E-state index in [2.05, 4.69) is 10.6 Å². The maximum absolute atomic E-state index is 11.6. The molecule has 0 radical (unpaired) electrons. The summed E-state index contributed by atoms with van der Waals surface area (Å²) < 4.78 is 5.05. The molecule has 0 heterocycles. The maximum Gasteiger partial charge on any atom is 0.292 e. The molecule has 1 rings (SSSR count). The minimum atomic E-state index is -0.477. The van der Waals surface area contributed by atoms with Gasteiger partial charge < -0.3 is 15.4 Å². The molecule has 0 aromatic heterocycles. The zero-order valence-corrected chi connectivity index (χ0v) is 11.8. The van der Waals surface area contributed by atoms with Gasteiger partial charge >= 0.3 is 0 Å². The van der Waals surface area contributed by atoms with E-state index in [0.717, 1.165) is 6.42 Å². The molecule has 0 aliphatic rings. The molecule has 0 bridgehead atoms. The lowest BCUT2D eigenvalue weighted by molar-refractivity contribution is -0.384.